The van der Waals surface area contributed by atoms with Crippen molar-refractivity contribution in [3.8, 4) is 0 Å². The second-order valence-corrected chi connectivity index (χ2v) is 6.41. The highest BCUT2D eigenvalue weighted by Gasteiger charge is 2.22. The molecule has 1 aromatic rings. The summed E-state index contributed by atoms with van der Waals surface area (Å²) in [6.07, 6.45) is 2.78. The maximum Gasteiger partial charge on any atom is 0.0367 e. The van der Waals surface area contributed by atoms with Crippen LogP contribution >= 0.6 is 0 Å². The Kier molecular flexibility index (Phi) is 4.58. The summed E-state index contributed by atoms with van der Waals surface area (Å²) in [5, 5.41) is 3.64. The second-order valence-electron chi connectivity index (χ2n) is 6.41. The molecule has 1 saturated carbocycles. The van der Waals surface area contributed by atoms with Gasteiger partial charge >= 0.3 is 0 Å². The molecule has 2 aliphatic rings. The zero-order valence-electron chi connectivity index (χ0n) is 12.6. The van der Waals surface area contributed by atoms with Crippen LogP contribution in [0.5, 0.6) is 0 Å². The molecule has 1 heterocycles. The van der Waals surface area contributed by atoms with Crippen molar-refractivity contribution in [2.24, 2.45) is 5.92 Å². The Bertz CT molecular complexity index is 394. The standard InChI is InChI=1S/C17H27N3/c1-15(13-18-16-7-8-16)14-19-9-11-20(12-10-19)17-5-3-2-4-6-17/h2-6,15-16,18H,7-14H2,1H3. The zero-order chi connectivity index (χ0) is 13.8. The Balaban J connectivity index is 1.39. The van der Waals surface area contributed by atoms with E-state index in [1.807, 2.05) is 0 Å². The molecule has 0 amide bonds. The van der Waals surface area contributed by atoms with Gasteiger partial charge in [0.05, 0.1) is 0 Å². The summed E-state index contributed by atoms with van der Waals surface area (Å²) in [5.41, 5.74) is 1.37. The number of para-hydroxylation sites is 1. The van der Waals surface area contributed by atoms with Crippen LogP contribution in [0, 0.1) is 5.92 Å². The third-order valence-electron chi connectivity index (χ3n) is 4.40. The summed E-state index contributed by atoms with van der Waals surface area (Å²) >= 11 is 0. The Morgan fingerprint density at radius 2 is 1.80 bits per heavy atom. The number of hydrogen-bond acceptors (Lipinski definition) is 3. The Hall–Kier alpha value is -1.06. The van der Waals surface area contributed by atoms with E-state index in [-0.39, 0.29) is 0 Å². The van der Waals surface area contributed by atoms with Crippen molar-refractivity contribution in [2.75, 3.05) is 44.2 Å². The number of rotatable bonds is 6. The maximum atomic E-state index is 3.64. The highest BCUT2D eigenvalue weighted by molar-refractivity contribution is 5.46. The van der Waals surface area contributed by atoms with Crippen LogP contribution in [0.3, 0.4) is 0 Å². The Morgan fingerprint density at radius 1 is 1.10 bits per heavy atom. The molecule has 0 spiro atoms. The summed E-state index contributed by atoms with van der Waals surface area (Å²) in [6, 6.07) is 11.6. The first kappa shape index (κ1) is 13.9. The smallest absolute Gasteiger partial charge is 0.0367 e. The minimum absolute atomic E-state index is 0.763. The molecule has 1 unspecified atom stereocenters. The SMILES string of the molecule is CC(CNC1CC1)CN1CCN(c2ccccc2)CC1. The molecular weight excluding hydrogens is 246 g/mol. The molecule has 1 atom stereocenters. The van der Waals surface area contributed by atoms with Crippen molar-refractivity contribution in [1.82, 2.24) is 10.2 Å². The Morgan fingerprint density at radius 3 is 2.45 bits per heavy atom. The number of hydrogen-bond donors (Lipinski definition) is 1. The average Bonchev–Trinajstić information content (AvgIpc) is 3.31. The van der Waals surface area contributed by atoms with Crippen LogP contribution in [-0.2, 0) is 0 Å². The van der Waals surface area contributed by atoms with E-state index in [2.05, 4.69) is 52.4 Å². The highest BCUT2D eigenvalue weighted by Crippen LogP contribution is 2.19. The molecule has 3 rings (SSSR count). The molecule has 0 radical (unpaired) electrons. The van der Waals surface area contributed by atoms with Crippen LogP contribution in [-0.4, -0.2) is 50.2 Å². The number of anilines is 1. The molecule has 1 saturated heterocycles. The lowest BCUT2D eigenvalue weighted by Gasteiger charge is -2.37. The maximum absolute atomic E-state index is 3.64. The number of piperazine rings is 1. The van der Waals surface area contributed by atoms with Gasteiger partial charge in [-0.2, -0.15) is 0 Å². The minimum Gasteiger partial charge on any atom is -0.369 e. The predicted molar refractivity (Wildman–Crippen MR) is 85.3 cm³/mol. The molecule has 0 bridgehead atoms. The van der Waals surface area contributed by atoms with Crippen molar-refractivity contribution in [3.05, 3.63) is 30.3 Å². The van der Waals surface area contributed by atoms with Crippen molar-refractivity contribution >= 4 is 5.69 Å². The van der Waals surface area contributed by atoms with Gasteiger partial charge in [0, 0.05) is 44.5 Å². The van der Waals surface area contributed by atoms with E-state index in [4.69, 9.17) is 0 Å². The van der Waals surface area contributed by atoms with Gasteiger partial charge < -0.3 is 10.2 Å². The molecule has 2 fully saturated rings. The monoisotopic (exact) mass is 273 g/mol. The van der Waals surface area contributed by atoms with Crippen molar-refractivity contribution in [3.63, 3.8) is 0 Å². The summed E-state index contributed by atoms with van der Waals surface area (Å²) in [5.74, 6) is 0.763. The predicted octanol–water partition coefficient (Wildman–Crippen LogP) is 2.20. The average molecular weight is 273 g/mol. The fourth-order valence-corrected chi connectivity index (χ4v) is 2.99. The molecular formula is C17H27N3. The largest absolute Gasteiger partial charge is 0.369 e. The molecule has 1 N–H and O–H groups in total. The molecule has 0 aromatic heterocycles. The molecule has 20 heavy (non-hydrogen) atoms. The van der Waals surface area contributed by atoms with Gasteiger partial charge in [-0.25, -0.2) is 0 Å². The number of nitrogens with one attached hydrogen (secondary N) is 1. The molecule has 1 aromatic carbocycles. The lowest BCUT2D eigenvalue weighted by atomic mass is 10.1. The molecule has 1 aliphatic heterocycles. The van der Waals surface area contributed by atoms with Crippen LogP contribution in [0.2, 0.25) is 0 Å². The van der Waals surface area contributed by atoms with E-state index >= 15 is 0 Å². The second kappa shape index (κ2) is 6.59. The van der Waals surface area contributed by atoms with Gasteiger partial charge in [-0.1, -0.05) is 25.1 Å². The first-order valence-electron chi connectivity index (χ1n) is 8.07. The molecule has 1 aliphatic carbocycles. The van der Waals surface area contributed by atoms with E-state index in [1.165, 1.54) is 44.7 Å². The van der Waals surface area contributed by atoms with E-state index in [1.54, 1.807) is 0 Å². The van der Waals surface area contributed by atoms with Gasteiger partial charge in [0.1, 0.15) is 0 Å². The number of benzene rings is 1. The van der Waals surface area contributed by atoms with E-state index < -0.39 is 0 Å². The molecule has 3 nitrogen and oxygen atoms in total. The van der Waals surface area contributed by atoms with Crippen molar-refractivity contribution in [2.45, 2.75) is 25.8 Å². The lowest BCUT2D eigenvalue weighted by molar-refractivity contribution is 0.222. The van der Waals surface area contributed by atoms with E-state index in [0.29, 0.717) is 0 Å². The molecule has 110 valence electrons. The van der Waals surface area contributed by atoms with Crippen LogP contribution < -0.4 is 10.2 Å². The van der Waals surface area contributed by atoms with Gasteiger partial charge in [-0.15, -0.1) is 0 Å². The minimum atomic E-state index is 0.763. The fraction of sp³-hybridized carbons (Fsp3) is 0.647. The number of nitrogens with zero attached hydrogens (tertiary/aromatic N) is 2. The van der Waals surface area contributed by atoms with Gasteiger partial charge in [0.15, 0.2) is 0 Å². The first-order chi connectivity index (χ1) is 9.81. The normalized spacial score (nSPS) is 21.9. The van der Waals surface area contributed by atoms with E-state index in [9.17, 15) is 0 Å². The van der Waals surface area contributed by atoms with Gasteiger partial charge in [-0.05, 0) is 37.4 Å². The quantitative estimate of drug-likeness (QED) is 0.857. The van der Waals surface area contributed by atoms with Crippen molar-refractivity contribution in [1.29, 1.82) is 0 Å². The summed E-state index contributed by atoms with van der Waals surface area (Å²) < 4.78 is 0. The van der Waals surface area contributed by atoms with Crippen LogP contribution in [0.1, 0.15) is 19.8 Å². The summed E-state index contributed by atoms with van der Waals surface area (Å²) in [6.45, 7) is 9.51. The van der Waals surface area contributed by atoms with Crippen LogP contribution in [0.15, 0.2) is 30.3 Å². The van der Waals surface area contributed by atoms with Gasteiger partial charge in [0.2, 0.25) is 0 Å². The third-order valence-corrected chi connectivity index (χ3v) is 4.40. The topological polar surface area (TPSA) is 18.5 Å². The molecule has 3 heteroatoms. The van der Waals surface area contributed by atoms with Crippen LogP contribution in [0.25, 0.3) is 0 Å². The zero-order valence-corrected chi connectivity index (χ0v) is 12.6. The van der Waals surface area contributed by atoms with Gasteiger partial charge in [-0.3, -0.25) is 4.90 Å². The van der Waals surface area contributed by atoms with Crippen LogP contribution in [0.4, 0.5) is 5.69 Å². The summed E-state index contributed by atoms with van der Waals surface area (Å²) in [4.78, 5) is 5.13. The summed E-state index contributed by atoms with van der Waals surface area (Å²) in [7, 11) is 0. The third kappa shape index (κ3) is 3.97. The first-order valence-corrected chi connectivity index (χ1v) is 8.07. The highest BCUT2D eigenvalue weighted by atomic mass is 15.3. The van der Waals surface area contributed by atoms with E-state index in [0.717, 1.165) is 25.0 Å². The van der Waals surface area contributed by atoms with Gasteiger partial charge in [0.25, 0.3) is 0 Å². The lowest BCUT2D eigenvalue weighted by Crippen LogP contribution is -2.48. The Labute approximate surface area is 123 Å². The fourth-order valence-electron chi connectivity index (χ4n) is 2.99. The van der Waals surface area contributed by atoms with Crippen molar-refractivity contribution < 1.29 is 0 Å².